The van der Waals surface area contributed by atoms with Crippen LogP contribution in [0.15, 0.2) is 47.5 Å². The van der Waals surface area contributed by atoms with Crippen molar-refractivity contribution < 1.29 is 19.5 Å². The molecule has 1 aliphatic heterocycles. The van der Waals surface area contributed by atoms with Crippen LogP contribution in [0, 0.1) is 0 Å². The van der Waals surface area contributed by atoms with Gasteiger partial charge in [0, 0.05) is 30.2 Å². The van der Waals surface area contributed by atoms with E-state index < -0.39 is 0 Å². The van der Waals surface area contributed by atoms with Gasteiger partial charge in [-0.25, -0.2) is 0 Å². The van der Waals surface area contributed by atoms with Crippen LogP contribution in [0.1, 0.15) is 30.0 Å². The highest BCUT2D eigenvalue weighted by Gasteiger charge is 2.27. The van der Waals surface area contributed by atoms with Gasteiger partial charge >= 0.3 is 0 Å². The number of benzene rings is 2. The molecule has 1 aliphatic rings. The highest BCUT2D eigenvalue weighted by atomic mass is 16.5. The number of hydrogen-bond donors (Lipinski definition) is 2. The molecular weight excluding hydrogens is 328 g/mol. The lowest BCUT2D eigenvalue weighted by Gasteiger charge is -2.24. The standard InChI is InChI=1S/C21H26N2O3/c1-25-18-9-5-7-16(13-18)19(23-11-3-4-12-23)15-22-14-17-8-6-10-20(26-2)21(17)24/h5-10,13-14,19,24H,3-4,11-12,15H2,1-2H3/p+1/t19-/m1/s1. The van der Waals surface area contributed by atoms with Crippen molar-refractivity contribution in [2.75, 3.05) is 33.9 Å². The van der Waals surface area contributed by atoms with E-state index in [2.05, 4.69) is 17.1 Å². The van der Waals surface area contributed by atoms with Crippen molar-refractivity contribution >= 4 is 6.21 Å². The Labute approximate surface area is 154 Å². The van der Waals surface area contributed by atoms with Crippen LogP contribution < -0.4 is 14.4 Å². The second-order valence-corrected chi connectivity index (χ2v) is 6.59. The minimum absolute atomic E-state index is 0.130. The summed E-state index contributed by atoms with van der Waals surface area (Å²) in [5.41, 5.74) is 1.92. The van der Waals surface area contributed by atoms with Gasteiger partial charge in [-0.3, -0.25) is 4.99 Å². The summed E-state index contributed by atoms with van der Waals surface area (Å²) in [6.45, 7) is 3.00. The molecule has 2 N–H and O–H groups in total. The number of methoxy groups -OCH3 is 2. The molecule has 138 valence electrons. The van der Waals surface area contributed by atoms with Crippen LogP contribution in [0.25, 0.3) is 0 Å². The summed E-state index contributed by atoms with van der Waals surface area (Å²) in [7, 11) is 3.24. The zero-order chi connectivity index (χ0) is 18.4. The number of nitrogens with zero attached hydrogens (tertiary/aromatic N) is 1. The first-order valence-electron chi connectivity index (χ1n) is 9.07. The molecule has 26 heavy (non-hydrogen) atoms. The molecule has 3 rings (SSSR count). The predicted molar refractivity (Wildman–Crippen MR) is 103 cm³/mol. The fraction of sp³-hybridized carbons (Fsp3) is 0.381. The molecule has 0 amide bonds. The summed E-state index contributed by atoms with van der Waals surface area (Å²) in [5.74, 6) is 1.47. The highest BCUT2D eigenvalue weighted by Crippen LogP contribution is 2.28. The maximum absolute atomic E-state index is 10.2. The van der Waals surface area contributed by atoms with Crippen LogP contribution in [0.2, 0.25) is 0 Å². The first kappa shape index (κ1) is 18.3. The van der Waals surface area contributed by atoms with Gasteiger partial charge in [-0.15, -0.1) is 0 Å². The summed E-state index contributed by atoms with van der Waals surface area (Å²) in [4.78, 5) is 6.21. The maximum atomic E-state index is 10.2. The van der Waals surface area contributed by atoms with Crippen LogP contribution in [-0.4, -0.2) is 45.2 Å². The first-order chi connectivity index (χ1) is 12.7. The molecule has 5 nitrogen and oxygen atoms in total. The molecule has 0 aromatic heterocycles. The maximum Gasteiger partial charge on any atom is 0.166 e. The molecule has 1 heterocycles. The lowest BCUT2D eigenvalue weighted by Crippen LogP contribution is -3.10. The van der Waals surface area contributed by atoms with E-state index in [1.54, 1.807) is 31.4 Å². The van der Waals surface area contributed by atoms with Crippen LogP contribution in [0.4, 0.5) is 0 Å². The Morgan fingerprint density at radius 2 is 1.88 bits per heavy atom. The number of ether oxygens (including phenoxy) is 2. The third kappa shape index (κ3) is 4.17. The fourth-order valence-corrected chi connectivity index (χ4v) is 3.57. The van der Waals surface area contributed by atoms with E-state index in [4.69, 9.17) is 9.47 Å². The summed E-state index contributed by atoms with van der Waals surface area (Å²) in [6, 6.07) is 14.0. The van der Waals surface area contributed by atoms with E-state index in [1.807, 2.05) is 24.3 Å². The first-order valence-corrected chi connectivity index (χ1v) is 9.07. The number of phenolic OH excluding ortho intramolecular Hbond substituents is 1. The van der Waals surface area contributed by atoms with Gasteiger partial charge < -0.3 is 19.5 Å². The molecule has 0 unspecified atom stereocenters. The van der Waals surface area contributed by atoms with E-state index >= 15 is 0 Å². The highest BCUT2D eigenvalue weighted by molar-refractivity contribution is 5.84. The molecule has 0 spiro atoms. The molecule has 1 atom stereocenters. The van der Waals surface area contributed by atoms with E-state index in [0.717, 1.165) is 5.75 Å². The average molecular weight is 355 g/mol. The van der Waals surface area contributed by atoms with E-state index in [0.29, 0.717) is 17.9 Å². The Morgan fingerprint density at radius 1 is 1.12 bits per heavy atom. The molecule has 0 radical (unpaired) electrons. The summed E-state index contributed by atoms with van der Waals surface area (Å²) < 4.78 is 10.5. The van der Waals surface area contributed by atoms with Crippen molar-refractivity contribution in [3.63, 3.8) is 0 Å². The zero-order valence-corrected chi connectivity index (χ0v) is 15.4. The largest absolute Gasteiger partial charge is 0.504 e. The van der Waals surface area contributed by atoms with Crippen molar-refractivity contribution in [1.29, 1.82) is 0 Å². The van der Waals surface area contributed by atoms with E-state index in [1.165, 1.54) is 31.5 Å². The van der Waals surface area contributed by atoms with Gasteiger partial charge in [-0.2, -0.15) is 0 Å². The fourth-order valence-electron chi connectivity index (χ4n) is 3.57. The van der Waals surface area contributed by atoms with Gasteiger partial charge in [0.15, 0.2) is 11.5 Å². The SMILES string of the molecule is COc1cccc([C@@H](CN=Cc2cccc(OC)c2O)[NH+]2CCCC2)c1. The number of aliphatic imine (C=N–C) groups is 1. The van der Waals surface area contributed by atoms with Crippen molar-refractivity contribution in [1.82, 2.24) is 0 Å². The van der Waals surface area contributed by atoms with Crippen LogP contribution >= 0.6 is 0 Å². The molecular formula is C21H27N2O3+. The smallest absolute Gasteiger partial charge is 0.166 e. The molecule has 2 aromatic rings. The Hall–Kier alpha value is -2.53. The minimum Gasteiger partial charge on any atom is -0.504 e. The molecule has 1 saturated heterocycles. The number of para-hydroxylation sites is 1. The van der Waals surface area contributed by atoms with Gasteiger partial charge in [0.2, 0.25) is 0 Å². The summed E-state index contributed by atoms with van der Waals surface area (Å²) in [5, 5.41) is 10.2. The summed E-state index contributed by atoms with van der Waals surface area (Å²) >= 11 is 0. The normalized spacial score (nSPS) is 16.1. The van der Waals surface area contributed by atoms with Gasteiger partial charge in [-0.1, -0.05) is 18.2 Å². The van der Waals surface area contributed by atoms with Gasteiger partial charge in [0.05, 0.1) is 33.9 Å². The topological polar surface area (TPSA) is 55.5 Å². The Kier molecular flexibility index (Phi) is 6.12. The van der Waals surface area contributed by atoms with E-state index in [9.17, 15) is 5.11 Å². The Bertz CT molecular complexity index is 755. The second-order valence-electron chi connectivity index (χ2n) is 6.59. The number of hydrogen-bond acceptors (Lipinski definition) is 4. The lowest BCUT2D eigenvalue weighted by atomic mass is 10.1. The van der Waals surface area contributed by atoms with Crippen molar-refractivity contribution in [2.45, 2.75) is 18.9 Å². The molecule has 0 bridgehead atoms. The molecule has 5 heteroatoms. The number of likely N-dealkylation sites (tertiary alicyclic amines) is 1. The van der Waals surface area contributed by atoms with Gasteiger partial charge in [0.25, 0.3) is 0 Å². The average Bonchev–Trinajstić information content (AvgIpc) is 3.21. The number of nitrogens with one attached hydrogen (secondary N) is 1. The molecule has 0 saturated carbocycles. The predicted octanol–water partition coefficient (Wildman–Crippen LogP) is 2.25. The van der Waals surface area contributed by atoms with Gasteiger partial charge in [-0.05, 0) is 24.3 Å². The van der Waals surface area contributed by atoms with Crippen LogP contribution in [0.5, 0.6) is 17.2 Å². The number of rotatable bonds is 7. The van der Waals surface area contributed by atoms with Gasteiger partial charge in [0.1, 0.15) is 11.8 Å². The third-order valence-electron chi connectivity index (χ3n) is 5.00. The van der Waals surface area contributed by atoms with Crippen LogP contribution in [0.3, 0.4) is 0 Å². The Balaban J connectivity index is 1.80. The number of quaternary nitrogens is 1. The lowest BCUT2D eigenvalue weighted by molar-refractivity contribution is -0.918. The van der Waals surface area contributed by atoms with Crippen molar-refractivity contribution in [2.24, 2.45) is 4.99 Å². The van der Waals surface area contributed by atoms with Crippen molar-refractivity contribution in [3.05, 3.63) is 53.6 Å². The minimum atomic E-state index is 0.130. The molecule has 0 aliphatic carbocycles. The second kappa shape index (κ2) is 8.72. The molecule has 1 fully saturated rings. The Morgan fingerprint density at radius 3 is 2.62 bits per heavy atom. The van der Waals surface area contributed by atoms with Crippen LogP contribution in [-0.2, 0) is 0 Å². The van der Waals surface area contributed by atoms with E-state index in [-0.39, 0.29) is 11.8 Å². The third-order valence-corrected chi connectivity index (χ3v) is 5.00. The zero-order valence-electron chi connectivity index (χ0n) is 15.4. The number of phenols is 1. The monoisotopic (exact) mass is 355 g/mol. The quantitative estimate of drug-likeness (QED) is 0.749. The molecule has 2 aromatic carbocycles. The van der Waals surface area contributed by atoms with Crippen molar-refractivity contribution in [3.8, 4) is 17.2 Å². The summed E-state index contributed by atoms with van der Waals surface area (Å²) in [6.07, 6.45) is 4.26. The number of aromatic hydroxyl groups is 1.